The van der Waals surface area contributed by atoms with Crippen LogP contribution in [0.1, 0.15) is 43.7 Å². The minimum atomic E-state index is 0.0150. The zero-order valence-corrected chi connectivity index (χ0v) is 12.6. The Bertz CT molecular complexity index is 476. The van der Waals surface area contributed by atoms with E-state index < -0.39 is 0 Å². The van der Waals surface area contributed by atoms with Gasteiger partial charge in [-0.15, -0.1) is 0 Å². The zero-order chi connectivity index (χ0) is 14.2. The molecule has 1 fully saturated rings. The van der Waals surface area contributed by atoms with Crippen molar-refractivity contribution in [2.75, 3.05) is 26.2 Å². The van der Waals surface area contributed by atoms with E-state index in [1.54, 1.807) is 0 Å². The molecule has 2 N–H and O–H groups in total. The van der Waals surface area contributed by atoms with E-state index in [1.165, 1.54) is 17.5 Å². The summed E-state index contributed by atoms with van der Waals surface area (Å²) in [7, 11) is 0. The predicted octanol–water partition coefficient (Wildman–Crippen LogP) is 2.46. The van der Waals surface area contributed by atoms with Crippen LogP contribution in [0.15, 0.2) is 24.3 Å². The van der Waals surface area contributed by atoms with E-state index >= 15 is 0 Å². The first-order valence-electron chi connectivity index (χ1n) is 7.83. The molecule has 0 amide bonds. The Balaban J connectivity index is 2.02. The van der Waals surface area contributed by atoms with Gasteiger partial charge < -0.3 is 10.5 Å². The largest absolute Gasteiger partial charge is 0.376 e. The maximum atomic E-state index is 6.29. The van der Waals surface area contributed by atoms with Crippen molar-refractivity contribution < 1.29 is 4.74 Å². The van der Waals surface area contributed by atoms with Crippen LogP contribution >= 0.6 is 0 Å². The molecule has 0 aromatic heterocycles. The topological polar surface area (TPSA) is 38.5 Å². The number of fused-ring (bicyclic) bond motifs is 1. The molecule has 1 aromatic carbocycles. The average Bonchev–Trinajstić information content (AvgIpc) is 2.48. The lowest BCUT2D eigenvalue weighted by Gasteiger charge is -2.50. The summed E-state index contributed by atoms with van der Waals surface area (Å²) in [5, 5.41) is 0. The molecular weight excluding hydrogens is 248 g/mol. The maximum absolute atomic E-state index is 6.29. The Kier molecular flexibility index (Phi) is 3.85. The lowest BCUT2D eigenvalue weighted by atomic mass is 9.71. The minimum Gasteiger partial charge on any atom is -0.376 e. The van der Waals surface area contributed by atoms with Gasteiger partial charge in [-0.2, -0.15) is 0 Å². The Morgan fingerprint density at radius 3 is 2.90 bits per heavy atom. The van der Waals surface area contributed by atoms with Gasteiger partial charge in [-0.05, 0) is 36.8 Å². The molecule has 3 unspecified atom stereocenters. The number of hydrogen-bond donors (Lipinski definition) is 1. The highest BCUT2D eigenvalue weighted by molar-refractivity contribution is 5.39. The Hall–Kier alpha value is -0.900. The van der Waals surface area contributed by atoms with Crippen LogP contribution in [0.2, 0.25) is 0 Å². The van der Waals surface area contributed by atoms with Crippen molar-refractivity contribution in [3.05, 3.63) is 35.4 Å². The number of ether oxygens (including phenoxy) is 1. The van der Waals surface area contributed by atoms with Crippen molar-refractivity contribution in [3.63, 3.8) is 0 Å². The second-order valence-electron chi connectivity index (χ2n) is 6.39. The standard InChI is InChI=1S/C17H26N2O/c1-13-7-8-17(12-18,16-6-4-3-5-15(13)16)19-9-10-20-14(2)11-19/h3-6,13-14H,7-12,18H2,1-2H3. The molecule has 1 aromatic rings. The van der Waals surface area contributed by atoms with Gasteiger partial charge in [0.1, 0.15) is 0 Å². The van der Waals surface area contributed by atoms with Crippen molar-refractivity contribution in [3.8, 4) is 0 Å². The van der Waals surface area contributed by atoms with Crippen LogP contribution in [-0.4, -0.2) is 37.2 Å². The third-order valence-corrected chi connectivity index (χ3v) is 5.17. The number of morpholine rings is 1. The molecule has 0 radical (unpaired) electrons. The van der Waals surface area contributed by atoms with Crippen molar-refractivity contribution >= 4 is 0 Å². The molecule has 0 saturated carbocycles. The Morgan fingerprint density at radius 1 is 1.35 bits per heavy atom. The van der Waals surface area contributed by atoms with Gasteiger partial charge in [0.2, 0.25) is 0 Å². The van der Waals surface area contributed by atoms with Crippen LogP contribution in [0.3, 0.4) is 0 Å². The van der Waals surface area contributed by atoms with Crippen LogP contribution in [0.5, 0.6) is 0 Å². The van der Waals surface area contributed by atoms with Crippen LogP contribution in [0.25, 0.3) is 0 Å². The number of benzene rings is 1. The van der Waals surface area contributed by atoms with E-state index in [-0.39, 0.29) is 5.54 Å². The van der Waals surface area contributed by atoms with Crippen LogP contribution < -0.4 is 5.73 Å². The first kappa shape index (κ1) is 14.1. The van der Waals surface area contributed by atoms with Gasteiger partial charge in [-0.3, -0.25) is 4.90 Å². The van der Waals surface area contributed by atoms with Gasteiger partial charge >= 0.3 is 0 Å². The molecule has 0 bridgehead atoms. The third kappa shape index (κ3) is 2.18. The minimum absolute atomic E-state index is 0.0150. The summed E-state index contributed by atoms with van der Waals surface area (Å²) in [5.41, 5.74) is 9.25. The molecule has 0 spiro atoms. The van der Waals surface area contributed by atoms with Crippen molar-refractivity contribution in [2.24, 2.45) is 5.73 Å². The molecule has 20 heavy (non-hydrogen) atoms. The molecule has 2 aliphatic rings. The normalized spacial score (nSPS) is 34.8. The third-order valence-electron chi connectivity index (χ3n) is 5.17. The fourth-order valence-electron chi connectivity index (χ4n) is 3.97. The molecule has 3 rings (SSSR count). The molecule has 3 atom stereocenters. The molecule has 1 aliphatic heterocycles. The summed E-state index contributed by atoms with van der Waals surface area (Å²) < 4.78 is 5.71. The van der Waals surface area contributed by atoms with Crippen molar-refractivity contribution in [2.45, 2.75) is 44.2 Å². The summed E-state index contributed by atoms with van der Waals surface area (Å²) in [6.45, 7) is 7.99. The van der Waals surface area contributed by atoms with E-state index in [2.05, 4.69) is 43.0 Å². The van der Waals surface area contributed by atoms with Crippen LogP contribution in [-0.2, 0) is 10.3 Å². The van der Waals surface area contributed by atoms with Gasteiger partial charge in [0.05, 0.1) is 18.2 Å². The smallest absolute Gasteiger partial charge is 0.0674 e. The highest BCUT2D eigenvalue weighted by Crippen LogP contribution is 2.44. The summed E-state index contributed by atoms with van der Waals surface area (Å²) in [5.74, 6) is 0.643. The second kappa shape index (κ2) is 5.47. The van der Waals surface area contributed by atoms with E-state index in [0.717, 1.165) is 26.1 Å². The highest BCUT2D eigenvalue weighted by Gasteiger charge is 2.43. The Labute approximate surface area is 122 Å². The van der Waals surface area contributed by atoms with Crippen LogP contribution in [0, 0.1) is 0 Å². The summed E-state index contributed by atoms with van der Waals surface area (Å²) in [6, 6.07) is 8.89. The monoisotopic (exact) mass is 274 g/mol. The maximum Gasteiger partial charge on any atom is 0.0674 e. The SMILES string of the molecule is CC1CN(C2(CN)CCC(C)c3ccccc32)CCO1. The van der Waals surface area contributed by atoms with Gasteiger partial charge in [0.15, 0.2) is 0 Å². The van der Waals surface area contributed by atoms with E-state index in [4.69, 9.17) is 10.5 Å². The number of nitrogens with zero attached hydrogens (tertiary/aromatic N) is 1. The second-order valence-corrected chi connectivity index (χ2v) is 6.39. The van der Waals surface area contributed by atoms with Gasteiger partial charge in [-0.25, -0.2) is 0 Å². The quantitative estimate of drug-likeness (QED) is 0.900. The average molecular weight is 274 g/mol. The molecular formula is C17H26N2O. The molecule has 1 heterocycles. The fourth-order valence-corrected chi connectivity index (χ4v) is 3.97. The lowest BCUT2D eigenvalue weighted by molar-refractivity contribution is -0.0682. The molecule has 110 valence electrons. The van der Waals surface area contributed by atoms with Crippen molar-refractivity contribution in [1.29, 1.82) is 0 Å². The summed E-state index contributed by atoms with van der Waals surface area (Å²) in [6.07, 6.45) is 2.69. The summed E-state index contributed by atoms with van der Waals surface area (Å²) >= 11 is 0. The van der Waals surface area contributed by atoms with Gasteiger partial charge in [-0.1, -0.05) is 31.2 Å². The molecule has 1 saturated heterocycles. The predicted molar refractivity (Wildman–Crippen MR) is 81.8 cm³/mol. The molecule has 3 heteroatoms. The lowest BCUT2D eigenvalue weighted by Crippen LogP contribution is -2.58. The Morgan fingerprint density at radius 2 is 2.15 bits per heavy atom. The molecule has 3 nitrogen and oxygen atoms in total. The van der Waals surface area contributed by atoms with Crippen molar-refractivity contribution in [1.82, 2.24) is 4.90 Å². The van der Waals surface area contributed by atoms with E-state index in [9.17, 15) is 0 Å². The molecule has 1 aliphatic carbocycles. The first-order chi connectivity index (χ1) is 9.67. The summed E-state index contributed by atoms with van der Waals surface area (Å²) in [4.78, 5) is 2.58. The number of nitrogens with two attached hydrogens (primary N) is 1. The zero-order valence-electron chi connectivity index (χ0n) is 12.6. The highest BCUT2D eigenvalue weighted by atomic mass is 16.5. The van der Waals surface area contributed by atoms with E-state index in [1.807, 2.05) is 0 Å². The number of hydrogen-bond acceptors (Lipinski definition) is 3. The first-order valence-corrected chi connectivity index (χ1v) is 7.83. The van der Waals surface area contributed by atoms with E-state index in [0.29, 0.717) is 18.6 Å². The van der Waals surface area contributed by atoms with Gasteiger partial charge in [0, 0.05) is 19.6 Å². The van der Waals surface area contributed by atoms with Gasteiger partial charge in [0.25, 0.3) is 0 Å². The van der Waals surface area contributed by atoms with Crippen LogP contribution in [0.4, 0.5) is 0 Å². The fraction of sp³-hybridized carbons (Fsp3) is 0.647. The number of rotatable bonds is 2.